The molecule has 156 valence electrons. The highest BCUT2D eigenvalue weighted by molar-refractivity contribution is 5.45. The molecule has 2 aromatic rings. The number of nitro groups is 1. The molecule has 3 rings (SSSR count). The molecule has 0 aliphatic carbocycles. The highest BCUT2D eigenvalue weighted by atomic mass is 16.6. The van der Waals surface area contributed by atoms with Gasteiger partial charge in [0.15, 0.2) is 11.5 Å². The van der Waals surface area contributed by atoms with Crippen LogP contribution >= 0.6 is 0 Å². The SMILES string of the molecule is CCOc1cc(CCCN2CCN(C)CC2)ccc1Oc1ccc([N+](=O)[O-])cn1. The monoisotopic (exact) mass is 400 g/mol. The van der Waals surface area contributed by atoms with Crippen LogP contribution < -0.4 is 9.47 Å². The van der Waals surface area contributed by atoms with Gasteiger partial charge in [0.2, 0.25) is 5.88 Å². The molecule has 2 heterocycles. The van der Waals surface area contributed by atoms with Crippen LogP contribution in [-0.4, -0.2) is 66.1 Å². The lowest BCUT2D eigenvalue weighted by Crippen LogP contribution is -2.44. The van der Waals surface area contributed by atoms with Crippen LogP contribution in [0.25, 0.3) is 0 Å². The summed E-state index contributed by atoms with van der Waals surface area (Å²) in [4.78, 5) is 19.1. The van der Waals surface area contributed by atoms with Crippen molar-refractivity contribution in [2.24, 2.45) is 0 Å². The zero-order valence-electron chi connectivity index (χ0n) is 17.0. The van der Waals surface area contributed by atoms with E-state index >= 15 is 0 Å². The molecule has 1 aromatic heterocycles. The van der Waals surface area contributed by atoms with Gasteiger partial charge in [-0.3, -0.25) is 10.1 Å². The Morgan fingerprint density at radius 3 is 2.59 bits per heavy atom. The molecular formula is C21H28N4O4. The molecule has 0 bridgehead atoms. The largest absolute Gasteiger partial charge is 0.490 e. The molecule has 0 radical (unpaired) electrons. The average molecular weight is 400 g/mol. The van der Waals surface area contributed by atoms with Crippen molar-refractivity contribution in [3.63, 3.8) is 0 Å². The minimum Gasteiger partial charge on any atom is -0.490 e. The van der Waals surface area contributed by atoms with Crippen LogP contribution in [0.5, 0.6) is 17.4 Å². The molecule has 0 atom stereocenters. The smallest absolute Gasteiger partial charge is 0.287 e. The molecule has 0 amide bonds. The molecule has 8 heteroatoms. The van der Waals surface area contributed by atoms with Gasteiger partial charge in [0.05, 0.1) is 11.5 Å². The Balaban J connectivity index is 1.59. The summed E-state index contributed by atoms with van der Waals surface area (Å²) >= 11 is 0. The normalized spacial score (nSPS) is 15.2. The Hall–Kier alpha value is -2.71. The average Bonchev–Trinajstić information content (AvgIpc) is 2.72. The summed E-state index contributed by atoms with van der Waals surface area (Å²) in [5, 5.41) is 10.7. The zero-order chi connectivity index (χ0) is 20.6. The third kappa shape index (κ3) is 6.13. The molecule has 1 aromatic carbocycles. The lowest BCUT2D eigenvalue weighted by atomic mass is 10.1. The topological polar surface area (TPSA) is 81.0 Å². The van der Waals surface area contributed by atoms with Crippen molar-refractivity contribution >= 4 is 5.69 Å². The molecule has 29 heavy (non-hydrogen) atoms. The lowest BCUT2D eigenvalue weighted by Gasteiger charge is -2.32. The maximum absolute atomic E-state index is 10.7. The van der Waals surface area contributed by atoms with Gasteiger partial charge < -0.3 is 19.3 Å². The number of aromatic nitrogens is 1. The van der Waals surface area contributed by atoms with E-state index in [0.717, 1.165) is 45.6 Å². The summed E-state index contributed by atoms with van der Waals surface area (Å²) in [6, 6.07) is 8.77. The van der Waals surface area contributed by atoms with Crippen molar-refractivity contribution in [2.45, 2.75) is 19.8 Å². The van der Waals surface area contributed by atoms with Crippen molar-refractivity contribution in [2.75, 3.05) is 46.4 Å². The predicted octanol–water partition coefficient (Wildman–Crippen LogP) is 3.36. The fourth-order valence-electron chi connectivity index (χ4n) is 3.29. The number of pyridine rings is 1. The standard InChI is InChI=1S/C21H28N4O4/c1-3-28-20-15-17(5-4-10-24-13-11-23(2)12-14-24)6-8-19(20)29-21-9-7-18(16-22-21)25(26)27/h6-9,15-16H,3-5,10-14H2,1-2H3. The molecule has 0 N–H and O–H groups in total. The van der Waals surface area contributed by atoms with Crippen LogP contribution in [0, 0.1) is 10.1 Å². The summed E-state index contributed by atoms with van der Waals surface area (Å²) < 4.78 is 11.5. The van der Waals surface area contributed by atoms with Crippen LogP contribution in [0.2, 0.25) is 0 Å². The Morgan fingerprint density at radius 1 is 1.14 bits per heavy atom. The molecular weight excluding hydrogens is 372 g/mol. The van der Waals surface area contributed by atoms with Gasteiger partial charge in [-0.1, -0.05) is 6.07 Å². The Morgan fingerprint density at radius 2 is 1.93 bits per heavy atom. The molecule has 0 spiro atoms. The quantitative estimate of drug-likeness (QED) is 0.471. The summed E-state index contributed by atoms with van der Waals surface area (Å²) in [5.41, 5.74) is 1.13. The number of hydrogen-bond acceptors (Lipinski definition) is 7. The van der Waals surface area contributed by atoms with E-state index in [9.17, 15) is 10.1 Å². The molecule has 1 fully saturated rings. The first kappa shape index (κ1) is 21.0. The first-order chi connectivity index (χ1) is 14.0. The summed E-state index contributed by atoms with van der Waals surface area (Å²) in [5.74, 6) is 1.50. The van der Waals surface area contributed by atoms with Crippen molar-refractivity contribution in [1.29, 1.82) is 0 Å². The van der Waals surface area contributed by atoms with E-state index in [1.165, 1.54) is 23.9 Å². The van der Waals surface area contributed by atoms with E-state index in [2.05, 4.69) is 21.8 Å². The number of benzene rings is 1. The Bertz CT molecular complexity index is 805. The third-order valence-electron chi connectivity index (χ3n) is 4.99. The Kier molecular flexibility index (Phi) is 7.37. The molecule has 0 unspecified atom stereocenters. The van der Waals surface area contributed by atoms with Crippen molar-refractivity contribution < 1.29 is 14.4 Å². The number of rotatable bonds is 9. The zero-order valence-corrected chi connectivity index (χ0v) is 17.0. The molecule has 0 saturated carbocycles. The second-order valence-electron chi connectivity index (χ2n) is 7.18. The highest BCUT2D eigenvalue weighted by Crippen LogP contribution is 2.32. The predicted molar refractivity (Wildman–Crippen MR) is 111 cm³/mol. The van der Waals surface area contributed by atoms with Gasteiger partial charge >= 0.3 is 0 Å². The van der Waals surface area contributed by atoms with Gasteiger partial charge in [0.1, 0.15) is 6.20 Å². The highest BCUT2D eigenvalue weighted by Gasteiger charge is 2.14. The number of nitrogens with zero attached hydrogens (tertiary/aromatic N) is 4. The maximum atomic E-state index is 10.7. The third-order valence-corrected chi connectivity index (χ3v) is 4.99. The van der Waals surface area contributed by atoms with E-state index < -0.39 is 4.92 Å². The molecule has 1 saturated heterocycles. The second-order valence-corrected chi connectivity index (χ2v) is 7.18. The number of likely N-dealkylation sites (N-methyl/N-ethyl adjacent to an activating group) is 1. The van der Waals surface area contributed by atoms with Crippen molar-refractivity contribution in [1.82, 2.24) is 14.8 Å². The molecule has 1 aliphatic rings. The van der Waals surface area contributed by atoms with Gasteiger partial charge in [-0.05, 0) is 51.1 Å². The number of ether oxygens (including phenoxy) is 2. The van der Waals surface area contributed by atoms with Gasteiger partial charge in [0, 0.05) is 38.3 Å². The van der Waals surface area contributed by atoms with Crippen LogP contribution in [-0.2, 0) is 6.42 Å². The summed E-state index contributed by atoms with van der Waals surface area (Å²) in [6.45, 7) is 8.09. The molecule has 8 nitrogen and oxygen atoms in total. The first-order valence-electron chi connectivity index (χ1n) is 10.00. The fraction of sp³-hybridized carbons (Fsp3) is 0.476. The molecule has 1 aliphatic heterocycles. The van der Waals surface area contributed by atoms with Crippen LogP contribution in [0.1, 0.15) is 18.9 Å². The van der Waals surface area contributed by atoms with E-state index in [1.54, 1.807) is 0 Å². The van der Waals surface area contributed by atoms with Crippen molar-refractivity contribution in [3.05, 3.63) is 52.2 Å². The lowest BCUT2D eigenvalue weighted by molar-refractivity contribution is -0.385. The Labute approximate surface area is 171 Å². The number of aryl methyl sites for hydroxylation is 1. The first-order valence-corrected chi connectivity index (χ1v) is 10.00. The van der Waals surface area contributed by atoms with Crippen LogP contribution in [0.3, 0.4) is 0 Å². The van der Waals surface area contributed by atoms with Crippen LogP contribution in [0.4, 0.5) is 5.69 Å². The van der Waals surface area contributed by atoms with Gasteiger partial charge in [-0.25, -0.2) is 4.98 Å². The van der Waals surface area contributed by atoms with E-state index in [0.29, 0.717) is 24.0 Å². The number of hydrogen-bond donors (Lipinski definition) is 0. The maximum Gasteiger partial charge on any atom is 0.287 e. The van der Waals surface area contributed by atoms with E-state index in [1.807, 2.05) is 25.1 Å². The summed E-state index contributed by atoms with van der Waals surface area (Å²) in [7, 11) is 2.17. The van der Waals surface area contributed by atoms with Crippen LogP contribution in [0.15, 0.2) is 36.5 Å². The van der Waals surface area contributed by atoms with Gasteiger partial charge in [-0.15, -0.1) is 0 Å². The minimum absolute atomic E-state index is 0.0712. The second kappa shape index (κ2) is 10.2. The fourth-order valence-corrected chi connectivity index (χ4v) is 3.29. The van der Waals surface area contributed by atoms with Gasteiger partial charge in [0.25, 0.3) is 5.69 Å². The minimum atomic E-state index is -0.487. The van der Waals surface area contributed by atoms with E-state index in [4.69, 9.17) is 9.47 Å². The summed E-state index contributed by atoms with van der Waals surface area (Å²) in [6.07, 6.45) is 3.25. The number of piperazine rings is 1. The van der Waals surface area contributed by atoms with E-state index in [-0.39, 0.29) is 5.69 Å². The van der Waals surface area contributed by atoms with Crippen molar-refractivity contribution in [3.8, 4) is 17.4 Å². The van der Waals surface area contributed by atoms with Gasteiger partial charge in [-0.2, -0.15) is 0 Å².